The molecule has 1 aliphatic rings. The van der Waals surface area contributed by atoms with E-state index in [1.165, 1.54) is 0 Å². The fraction of sp³-hybridized carbons (Fsp3) is 0.429. The number of nitrogens with one attached hydrogen (secondary N) is 1. The molecule has 0 spiro atoms. The van der Waals surface area contributed by atoms with Crippen LogP contribution in [0.1, 0.15) is 37.3 Å². The molecule has 4 rings (SSSR count). The summed E-state index contributed by atoms with van der Waals surface area (Å²) in [6.45, 7) is 6.15. The number of hydrogen-bond acceptors (Lipinski definition) is 6. The predicted octanol–water partition coefficient (Wildman–Crippen LogP) is 2.90. The van der Waals surface area contributed by atoms with Crippen LogP contribution in [0.2, 0.25) is 0 Å². The SMILES string of the molecule is Cc1cc(N2CCC(N[C@H](C)c3ncnn3C)CC2)nc(-c2ccccc2)n1. The fourth-order valence-electron chi connectivity index (χ4n) is 3.83. The summed E-state index contributed by atoms with van der Waals surface area (Å²) in [5.41, 5.74) is 2.06. The molecule has 0 amide bonds. The highest BCUT2D eigenvalue weighted by molar-refractivity contribution is 5.57. The van der Waals surface area contributed by atoms with Crippen molar-refractivity contribution in [1.82, 2.24) is 30.0 Å². The van der Waals surface area contributed by atoms with Gasteiger partial charge in [-0.2, -0.15) is 5.10 Å². The molecule has 1 aliphatic heterocycles. The molecule has 3 heterocycles. The zero-order chi connectivity index (χ0) is 19.5. The zero-order valence-electron chi connectivity index (χ0n) is 16.7. The first kappa shape index (κ1) is 18.6. The average Bonchev–Trinajstić information content (AvgIpc) is 3.15. The third-order valence-electron chi connectivity index (χ3n) is 5.31. The van der Waals surface area contributed by atoms with Crippen molar-refractivity contribution >= 4 is 5.82 Å². The van der Waals surface area contributed by atoms with E-state index in [0.29, 0.717) is 6.04 Å². The summed E-state index contributed by atoms with van der Waals surface area (Å²) < 4.78 is 1.83. The van der Waals surface area contributed by atoms with Gasteiger partial charge in [0.15, 0.2) is 5.82 Å². The number of aryl methyl sites for hydroxylation is 2. The third kappa shape index (κ3) is 4.04. The predicted molar refractivity (Wildman–Crippen MR) is 110 cm³/mol. The minimum atomic E-state index is 0.190. The van der Waals surface area contributed by atoms with Crippen LogP contribution >= 0.6 is 0 Å². The Bertz CT molecular complexity index is 914. The van der Waals surface area contributed by atoms with Crippen LogP contribution in [0.3, 0.4) is 0 Å². The Hall–Kier alpha value is -2.80. The van der Waals surface area contributed by atoms with E-state index in [2.05, 4.69) is 50.4 Å². The maximum atomic E-state index is 4.84. The number of aromatic nitrogens is 5. The Balaban J connectivity index is 1.41. The second-order valence-corrected chi connectivity index (χ2v) is 7.45. The number of benzene rings is 1. The molecule has 3 aromatic rings. The van der Waals surface area contributed by atoms with Crippen LogP contribution in [-0.4, -0.2) is 43.9 Å². The van der Waals surface area contributed by atoms with E-state index in [1.54, 1.807) is 6.33 Å². The van der Waals surface area contributed by atoms with Crippen molar-refractivity contribution in [3.05, 3.63) is 54.2 Å². The topological polar surface area (TPSA) is 71.8 Å². The largest absolute Gasteiger partial charge is 0.356 e. The van der Waals surface area contributed by atoms with Crippen molar-refractivity contribution in [3.8, 4) is 11.4 Å². The maximum Gasteiger partial charge on any atom is 0.161 e. The second-order valence-electron chi connectivity index (χ2n) is 7.45. The van der Waals surface area contributed by atoms with Gasteiger partial charge in [-0.3, -0.25) is 4.68 Å². The highest BCUT2D eigenvalue weighted by Crippen LogP contribution is 2.23. The van der Waals surface area contributed by atoms with Gasteiger partial charge in [0.1, 0.15) is 18.0 Å². The monoisotopic (exact) mass is 377 g/mol. The first-order valence-electron chi connectivity index (χ1n) is 9.86. The summed E-state index contributed by atoms with van der Waals surface area (Å²) in [5, 5.41) is 7.87. The van der Waals surface area contributed by atoms with Crippen LogP contribution in [-0.2, 0) is 7.05 Å². The van der Waals surface area contributed by atoms with Crippen molar-refractivity contribution in [3.63, 3.8) is 0 Å². The molecule has 0 radical (unpaired) electrons. The molecule has 2 aromatic heterocycles. The smallest absolute Gasteiger partial charge is 0.161 e. The normalized spacial score (nSPS) is 16.3. The molecule has 146 valence electrons. The molecule has 1 aromatic carbocycles. The molecular formula is C21H27N7. The molecule has 7 heteroatoms. The standard InChI is InChI=1S/C21H27N7/c1-15-13-19(26-20(24-15)17-7-5-4-6-8-17)28-11-9-18(10-12-28)25-16(2)21-22-14-23-27(21)3/h4-8,13-14,16,18,25H,9-12H2,1-3H3/t16-/m1/s1. The average molecular weight is 377 g/mol. The summed E-state index contributed by atoms with van der Waals surface area (Å²) in [7, 11) is 1.94. The third-order valence-corrected chi connectivity index (χ3v) is 5.31. The van der Waals surface area contributed by atoms with Crippen LogP contribution < -0.4 is 10.2 Å². The van der Waals surface area contributed by atoms with Crippen LogP contribution in [0.15, 0.2) is 42.7 Å². The second kappa shape index (κ2) is 8.06. The summed E-state index contributed by atoms with van der Waals surface area (Å²) in [6.07, 6.45) is 3.76. The van der Waals surface area contributed by atoms with E-state index < -0.39 is 0 Å². The first-order chi connectivity index (χ1) is 13.6. The van der Waals surface area contributed by atoms with Gasteiger partial charge in [-0.25, -0.2) is 15.0 Å². The molecule has 7 nitrogen and oxygen atoms in total. The van der Waals surface area contributed by atoms with Gasteiger partial charge in [0.2, 0.25) is 0 Å². The lowest BCUT2D eigenvalue weighted by Gasteiger charge is -2.34. The Morgan fingerprint density at radius 2 is 1.86 bits per heavy atom. The summed E-state index contributed by atoms with van der Waals surface area (Å²) in [5.74, 6) is 2.79. The minimum absolute atomic E-state index is 0.190. The van der Waals surface area contributed by atoms with E-state index in [1.807, 2.05) is 36.9 Å². The Morgan fingerprint density at radius 1 is 1.11 bits per heavy atom. The number of anilines is 1. The van der Waals surface area contributed by atoms with Crippen LogP contribution in [0.5, 0.6) is 0 Å². The molecule has 0 bridgehead atoms. The van der Waals surface area contributed by atoms with Crippen LogP contribution in [0.25, 0.3) is 11.4 Å². The lowest BCUT2D eigenvalue weighted by atomic mass is 10.0. The van der Waals surface area contributed by atoms with Crippen LogP contribution in [0, 0.1) is 6.92 Å². The fourth-order valence-corrected chi connectivity index (χ4v) is 3.83. The lowest BCUT2D eigenvalue weighted by Crippen LogP contribution is -2.44. The molecule has 1 atom stereocenters. The molecule has 0 unspecified atom stereocenters. The van der Waals surface area contributed by atoms with E-state index in [9.17, 15) is 0 Å². The summed E-state index contributed by atoms with van der Waals surface area (Å²) >= 11 is 0. The molecule has 1 N–H and O–H groups in total. The van der Waals surface area contributed by atoms with Crippen LogP contribution in [0.4, 0.5) is 5.82 Å². The summed E-state index contributed by atoms with van der Waals surface area (Å²) in [6, 6.07) is 12.9. The van der Waals surface area contributed by atoms with Gasteiger partial charge in [0.25, 0.3) is 0 Å². The van der Waals surface area contributed by atoms with Gasteiger partial charge in [-0.15, -0.1) is 0 Å². The quantitative estimate of drug-likeness (QED) is 0.737. The molecule has 0 aliphatic carbocycles. The van der Waals surface area contributed by atoms with Crippen molar-refractivity contribution in [2.45, 2.75) is 38.8 Å². The summed E-state index contributed by atoms with van der Waals surface area (Å²) in [4.78, 5) is 16.2. The van der Waals surface area contributed by atoms with E-state index in [0.717, 1.165) is 54.7 Å². The molecular weight excluding hydrogens is 350 g/mol. The van der Waals surface area contributed by atoms with E-state index in [-0.39, 0.29) is 6.04 Å². The van der Waals surface area contributed by atoms with Gasteiger partial charge < -0.3 is 10.2 Å². The van der Waals surface area contributed by atoms with E-state index in [4.69, 9.17) is 4.98 Å². The van der Waals surface area contributed by atoms with Crippen molar-refractivity contribution in [2.75, 3.05) is 18.0 Å². The van der Waals surface area contributed by atoms with Gasteiger partial charge >= 0.3 is 0 Å². The number of rotatable bonds is 5. The molecule has 0 saturated carbocycles. The van der Waals surface area contributed by atoms with Gasteiger partial charge in [-0.1, -0.05) is 30.3 Å². The van der Waals surface area contributed by atoms with E-state index >= 15 is 0 Å². The highest BCUT2D eigenvalue weighted by Gasteiger charge is 2.23. The first-order valence-corrected chi connectivity index (χ1v) is 9.86. The lowest BCUT2D eigenvalue weighted by molar-refractivity contribution is 0.368. The Kier molecular flexibility index (Phi) is 5.34. The van der Waals surface area contributed by atoms with Gasteiger partial charge in [-0.05, 0) is 26.7 Å². The Labute approximate surface area is 165 Å². The number of hydrogen-bond donors (Lipinski definition) is 1. The van der Waals surface area contributed by atoms with Gasteiger partial charge in [0, 0.05) is 43.5 Å². The highest BCUT2D eigenvalue weighted by atomic mass is 15.3. The van der Waals surface area contributed by atoms with Crippen molar-refractivity contribution < 1.29 is 0 Å². The maximum absolute atomic E-state index is 4.84. The molecule has 28 heavy (non-hydrogen) atoms. The van der Waals surface area contributed by atoms with Crippen molar-refractivity contribution in [2.24, 2.45) is 7.05 Å². The minimum Gasteiger partial charge on any atom is -0.356 e. The van der Waals surface area contributed by atoms with Crippen molar-refractivity contribution in [1.29, 1.82) is 0 Å². The number of nitrogens with zero attached hydrogens (tertiary/aromatic N) is 6. The van der Waals surface area contributed by atoms with Gasteiger partial charge in [0.05, 0.1) is 6.04 Å². The number of piperidine rings is 1. The zero-order valence-corrected chi connectivity index (χ0v) is 16.7. The Morgan fingerprint density at radius 3 is 2.54 bits per heavy atom. The molecule has 1 saturated heterocycles. The molecule has 1 fully saturated rings.